The van der Waals surface area contributed by atoms with E-state index in [0.29, 0.717) is 24.4 Å². The van der Waals surface area contributed by atoms with Gasteiger partial charge in [-0.3, -0.25) is 14.5 Å². The summed E-state index contributed by atoms with van der Waals surface area (Å²) in [6.45, 7) is 3.65. The number of carbonyl (C=O) groups is 2. The van der Waals surface area contributed by atoms with Gasteiger partial charge in [-0.05, 0) is 24.3 Å². The van der Waals surface area contributed by atoms with Crippen molar-refractivity contribution in [3.8, 4) is 0 Å². The Balaban J connectivity index is 1.66. The predicted octanol–water partition coefficient (Wildman–Crippen LogP) is 0.369. The van der Waals surface area contributed by atoms with E-state index in [9.17, 15) is 9.59 Å². The molecule has 2 aliphatic rings. The molecule has 1 aromatic rings. The van der Waals surface area contributed by atoms with Crippen molar-refractivity contribution in [3.63, 3.8) is 0 Å². The average Bonchev–Trinajstić information content (AvgIpc) is 2.63. The van der Waals surface area contributed by atoms with Gasteiger partial charge in [0.1, 0.15) is 6.04 Å². The molecule has 2 saturated heterocycles. The zero-order valence-corrected chi connectivity index (χ0v) is 14.7. The number of amides is 2. The van der Waals surface area contributed by atoms with Crippen molar-refractivity contribution in [1.29, 1.82) is 0 Å². The second-order valence-electron chi connectivity index (χ2n) is 6.16. The Hall–Kier alpha value is -1.57. The molecule has 7 heteroatoms. The lowest BCUT2D eigenvalue weighted by molar-refractivity contribution is -0.142. The van der Waals surface area contributed by atoms with Crippen molar-refractivity contribution in [2.45, 2.75) is 10.9 Å². The molecule has 0 unspecified atom stereocenters. The van der Waals surface area contributed by atoms with E-state index in [2.05, 4.69) is 4.90 Å². The first kappa shape index (κ1) is 17.3. The third-order valence-corrected chi connectivity index (χ3v) is 5.62. The van der Waals surface area contributed by atoms with Gasteiger partial charge in [-0.2, -0.15) is 0 Å². The molecule has 2 fully saturated rings. The van der Waals surface area contributed by atoms with E-state index in [-0.39, 0.29) is 24.5 Å². The van der Waals surface area contributed by atoms with Gasteiger partial charge < -0.3 is 14.9 Å². The van der Waals surface area contributed by atoms with Crippen LogP contribution in [-0.4, -0.2) is 89.8 Å². The third-order valence-electron chi connectivity index (χ3n) is 4.62. The fourth-order valence-electron chi connectivity index (χ4n) is 3.19. The highest BCUT2D eigenvalue weighted by molar-refractivity contribution is 7.99. The molecule has 2 amide bonds. The van der Waals surface area contributed by atoms with Crippen LogP contribution in [0.4, 0.5) is 0 Å². The lowest BCUT2D eigenvalue weighted by Gasteiger charge is -2.45. The number of nitrogens with zero attached hydrogens (tertiary/aromatic N) is 3. The van der Waals surface area contributed by atoms with Crippen LogP contribution in [0.25, 0.3) is 0 Å². The largest absolute Gasteiger partial charge is 0.396 e. The van der Waals surface area contributed by atoms with Crippen LogP contribution in [-0.2, 0) is 4.79 Å². The van der Waals surface area contributed by atoms with E-state index < -0.39 is 0 Å². The normalized spacial score (nSPS) is 21.8. The summed E-state index contributed by atoms with van der Waals surface area (Å²) in [5, 5.41) is 8.86. The van der Waals surface area contributed by atoms with E-state index in [0.717, 1.165) is 24.5 Å². The Kier molecular flexibility index (Phi) is 5.43. The lowest BCUT2D eigenvalue weighted by Crippen LogP contribution is -2.64. The molecular formula is C17H23N3O3S. The summed E-state index contributed by atoms with van der Waals surface area (Å²) in [6.07, 6.45) is 0. The van der Waals surface area contributed by atoms with Gasteiger partial charge in [0.05, 0.1) is 6.61 Å². The van der Waals surface area contributed by atoms with E-state index in [1.807, 2.05) is 31.3 Å². The second kappa shape index (κ2) is 7.55. The van der Waals surface area contributed by atoms with Crippen LogP contribution >= 0.6 is 11.8 Å². The highest BCUT2D eigenvalue weighted by atomic mass is 32.2. The number of likely N-dealkylation sites (N-methyl/N-ethyl adjacent to an activating group) is 1. The quantitative estimate of drug-likeness (QED) is 0.796. The van der Waals surface area contributed by atoms with Crippen LogP contribution < -0.4 is 0 Å². The third kappa shape index (κ3) is 3.58. The molecule has 24 heavy (non-hydrogen) atoms. The number of piperazine rings is 2. The van der Waals surface area contributed by atoms with Crippen LogP contribution in [0.2, 0.25) is 0 Å². The van der Waals surface area contributed by atoms with Crippen molar-refractivity contribution >= 4 is 23.6 Å². The first-order chi connectivity index (χ1) is 11.6. The molecule has 0 bridgehead atoms. The molecule has 0 radical (unpaired) electrons. The fraction of sp³-hybridized carbons (Fsp3) is 0.529. The summed E-state index contributed by atoms with van der Waals surface area (Å²) in [6, 6.07) is 7.25. The molecule has 0 saturated carbocycles. The lowest BCUT2D eigenvalue weighted by atomic mass is 10.1. The Morgan fingerprint density at radius 1 is 1.21 bits per heavy atom. The minimum absolute atomic E-state index is 0.0191. The predicted molar refractivity (Wildman–Crippen MR) is 93.2 cm³/mol. The van der Waals surface area contributed by atoms with Gasteiger partial charge >= 0.3 is 0 Å². The molecule has 2 heterocycles. The van der Waals surface area contributed by atoms with E-state index in [1.165, 1.54) is 0 Å². The molecule has 6 nitrogen and oxygen atoms in total. The molecule has 1 atom stereocenters. The van der Waals surface area contributed by atoms with Gasteiger partial charge in [0.2, 0.25) is 5.91 Å². The standard InChI is InChI=1S/C17H23N3O3S/c1-18-6-7-19-8-9-20(12-15(19)17(18)23)16(22)13-2-4-14(5-3-13)24-11-10-21/h2-5,15,21H,6-12H2,1H3/t15-/m0/s1. The van der Waals surface area contributed by atoms with E-state index in [1.54, 1.807) is 21.6 Å². The van der Waals surface area contributed by atoms with E-state index >= 15 is 0 Å². The summed E-state index contributed by atoms with van der Waals surface area (Å²) in [5.74, 6) is 0.732. The Morgan fingerprint density at radius 3 is 2.62 bits per heavy atom. The number of thioether (sulfide) groups is 1. The number of benzene rings is 1. The Labute approximate surface area is 146 Å². The summed E-state index contributed by atoms with van der Waals surface area (Å²) >= 11 is 1.56. The monoisotopic (exact) mass is 349 g/mol. The zero-order valence-electron chi connectivity index (χ0n) is 13.9. The minimum atomic E-state index is -0.208. The van der Waals surface area contributed by atoms with Crippen LogP contribution in [0.3, 0.4) is 0 Å². The van der Waals surface area contributed by atoms with Gasteiger partial charge in [-0.25, -0.2) is 0 Å². The molecule has 3 rings (SSSR count). The summed E-state index contributed by atoms with van der Waals surface area (Å²) in [7, 11) is 1.82. The van der Waals surface area contributed by atoms with Gasteiger partial charge in [-0.1, -0.05) is 0 Å². The second-order valence-corrected chi connectivity index (χ2v) is 7.33. The summed E-state index contributed by atoms with van der Waals surface area (Å²) < 4.78 is 0. The van der Waals surface area contributed by atoms with Crippen molar-refractivity contribution in [2.24, 2.45) is 0 Å². The topological polar surface area (TPSA) is 64.1 Å². The zero-order chi connectivity index (χ0) is 17.1. The Morgan fingerprint density at radius 2 is 1.92 bits per heavy atom. The summed E-state index contributed by atoms with van der Waals surface area (Å²) in [5.41, 5.74) is 0.647. The number of hydrogen-bond donors (Lipinski definition) is 1. The van der Waals surface area contributed by atoms with Crippen LogP contribution in [0.5, 0.6) is 0 Å². The molecule has 2 aliphatic heterocycles. The SMILES string of the molecule is CN1CCN2CCN(C(=O)c3ccc(SCCO)cc3)C[C@H]2C1=O. The van der Waals surface area contributed by atoms with Crippen molar-refractivity contribution in [3.05, 3.63) is 29.8 Å². The molecule has 0 aliphatic carbocycles. The van der Waals surface area contributed by atoms with Gasteiger partial charge in [0.15, 0.2) is 0 Å². The van der Waals surface area contributed by atoms with Gasteiger partial charge in [-0.15, -0.1) is 11.8 Å². The number of aliphatic hydroxyl groups excluding tert-OH is 1. The number of aliphatic hydroxyl groups is 1. The molecule has 0 spiro atoms. The maximum absolute atomic E-state index is 12.7. The van der Waals surface area contributed by atoms with Crippen molar-refractivity contribution in [2.75, 3.05) is 52.1 Å². The number of hydrogen-bond acceptors (Lipinski definition) is 5. The molecular weight excluding hydrogens is 326 g/mol. The van der Waals surface area contributed by atoms with Crippen LogP contribution in [0.15, 0.2) is 29.2 Å². The molecule has 130 valence electrons. The van der Waals surface area contributed by atoms with Crippen molar-refractivity contribution in [1.82, 2.24) is 14.7 Å². The number of rotatable bonds is 4. The highest BCUT2D eigenvalue weighted by Gasteiger charge is 2.38. The maximum Gasteiger partial charge on any atom is 0.253 e. The first-order valence-electron chi connectivity index (χ1n) is 8.22. The maximum atomic E-state index is 12.7. The molecule has 0 aromatic heterocycles. The highest BCUT2D eigenvalue weighted by Crippen LogP contribution is 2.21. The fourth-order valence-corrected chi connectivity index (χ4v) is 3.85. The molecule has 1 aromatic carbocycles. The van der Waals surface area contributed by atoms with Gasteiger partial charge in [0.25, 0.3) is 5.91 Å². The van der Waals surface area contributed by atoms with Gasteiger partial charge in [0, 0.05) is 56.0 Å². The average molecular weight is 349 g/mol. The number of fused-ring (bicyclic) bond motifs is 1. The summed E-state index contributed by atoms with van der Waals surface area (Å²) in [4.78, 5) is 31.8. The number of carbonyl (C=O) groups excluding carboxylic acids is 2. The Bertz CT molecular complexity index is 608. The van der Waals surface area contributed by atoms with E-state index in [4.69, 9.17) is 5.11 Å². The van der Waals surface area contributed by atoms with Crippen LogP contribution in [0.1, 0.15) is 10.4 Å². The van der Waals surface area contributed by atoms with Crippen molar-refractivity contribution < 1.29 is 14.7 Å². The first-order valence-corrected chi connectivity index (χ1v) is 9.20. The minimum Gasteiger partial charge on any atom is -0.396 e. The molecule has 1 N–H and O–H groups in total. The van der Waals surface area contributed by atoms with Crippen LogP contribution in [0, 0.1) is 0 Å². The smallest absolute Gasteiger partial charge is 0.253 e.